The van der Waals surface area contributed by atoms with E-state index in [2.05, 4.69) is 10.3 Å². The number of carbonyl (C=O) groups excluding carboxylic acids is 3. The van der Waals surface area contributed by atoms with Crippen molar-refractivity contribution in [2.45, 2.75) is 18.9 Å². The van der Waals surface area contributed by atoms with Crippen LogP contribution in [-0.2, 0) is 4.79 Å². The molecule has 8 nitrogen and oxygen atoms in total. The summed E-state index contributed by atoms with van der Waals surface area (Å²) in [5.74, 6) is -0.445. The molecule has 2 amide bonds. The van der Waals surface area contributed by atoms with Crippen LogP contribution in [-0.4, -0.2) is 55.0 Å². The molecule has 1 N–H and O–H groups in total. The van der Waals surface area contributed by atoms with E-state index in [0.29, 0.717) is 28.6 Å². The molecule has 2 aliphatic heterocycles. The van der Waals surface area contributed by atoms with Gasteiger partial charge < -0.3 is 19.7 Å². The molecule has 2 heterocycles. The number of methoxy groups -OCH3 is 1. The molecule has 2 aliphatic rings. The monoisotopic (exact) mass is 551 g/mol. The lowest BCUT2D eigenvalue weighted by molar-refractivity contribution is -0.118. The third-order valence-electron chi connectivity index (χ3n) is 6.44. The summed E-state index contributed by atoms with van der Waals surface area (Å²) in [7, 11) is 1.46. The number of nitrogens with one attached hydrogen (secondary N) is 1. The van der Waals surface area contributed by atoms with E-state index in [4.69, 9.17) is 32.7 Å². The second-order valence-corrected chi connectivity index (χ2v) is 9.69. The Bertz CT molecular complexity index is 1470. The molecule has 1 saturated heterocycles. The van der Waals surface area contributed by atoms with Crippen molar-refractivity contribution < 1.29 is 23.9 Å². The van der Waals surface area contributed by atoms with E-state index in [1.165, 1.54) is 13.2 Å². The zero-order valence-electron chi connectivity index (χ0n) is 20.4. The molecule has 10 heteroatoms. The van der Waals surface area contributed by atoms with Crippen LogP contribution in [0.15, 0.2) is 59.6 Å². The normalized spacial score (nSPS) is 15.9. The highest BCUT2D eigenvalue weighted by Crippen LogP contribution is 2.38. The average molecular weight is 552 g/mol. The van der Waals surface area contributed by atoms with E-state index >= 15 is 0 Å². The first kappa shape index (κ1) is 25.8. The highest BCUT2D eigenvalue weighted by molar-refractivity contribution is 6.36. The summed E-state index contributed by atoms with van der Waals surface area (Å²) in [6.07, 6.45) is 3.58. The Kier molecular flexibility index (Phi) is 7.35. The molecule has 1 fully saturated rings. The Morgan fingerprint density at radius 1 is 1.08 bits per heavy atom. The molecule has 0 radical (unpaired) electrons. The Morgan fingerprint density at radius 3 is 2.68 bits per heavy atom. The number of fused-ring (bicyclic) bond motifs is 2. The molecule has 0 aromatic heterocycles. The van der Waals surface area contributed by atoms with Crippen molar-refractivity contribution in [1.29, 1.82) is 0 Å². The van der Waals surface area contributed by atoms with Crippen molar-refractivity contribution in [3.05, 3.63) is 81.3 Å². The summed E-state index contributed by atoms with van der Waals surface area (Å²) in [6, 6.07) is 14.4. The zero-order valence-corrected chi connectivity index (χ0v) is 21.9. The van der Waals surface area contributed by atoms with Gasteiger partial charge >= 0.3 is 0 Å². The van der Waals surface area contributed by atoms with Gasteiger partial charge in [-0.05, 0) is 49.2 Å². The molecule has 3 aromatic carbocycles. The second kappa shape index (κ2) is 10.8. The maximum atomic E-state index is 13.2. The first-order valence-electron chi connectivity index (χ1n) is 11.9. The Morgan fingerprint density at radius 2 is 1.89 bits per heavy atom. The predicted molar refractivity (Wildman–Crippen MR) is 146 cm³/mol. The highest BCUT2D eigenvalue weighted by Gasteiger charge is 2.32. The largest absolute Gasteiger partial charge is 0.493 e. The molecule has 0 aliphatic carbocycles. The number of aliphatic imine (C=N–C) groups is 1. The summed E-state index contributed by atoms with van der Waals surface area (Å²) >= 11 is 12.3. The van der Waals surface area contributed by atoms with E-state index in [1.807, 2.05) is 0 Å². The van der Waals surface area contributed by atoms with Gasteiger partial charge in [-0.2, -0.15) is 0 Å². The molecule has 5 rings (SSSR count). The molecule has 1 atom stereocenters. The van der Waals surface area contributed by atoms with Gasteiger partial charge in [0.25, 0.3) is 11.8 Å². The lowest BCUT2D eigenvalue weighted by atomic mass is 10.0. The molecular weight excluding hydrogens is 529 g/mol. The molecule has 0 saturated carbocycles. The first-order valence-corrected chi connectivity index (χ1v) is 12.7. The summed E-state index contributed by atoms with van der Waals surface area (Å²) in [4.78, 5) is 45.3. The minimum Gasteiger partial charge on any atom is -0.493 e. The molecule has 1 unspecified atom stereocenters. The zero-order chi connectivity index (χ0) is 26.8. The van der Waals surface area contributed by atoms with Crippen molar-refractivity contribution in [3.63, 3.8) is 0 Å². The summed E-state index contributed by atoms with van der Waals surface area (Å²) in [6.45, 7) is 0.297. The van der Waals surface area contributed by atoms with Crippen LogP contribution in [0.2, 0.25) is 10.0 Å². The van der Waals surface area contributed by atoms with Crippen LogP contribution in [0.1, 0.15) is 39.1 Å². The summed E-state index contributed by atoms with van der Waals surface area (Å²) < 4.78 is 11.2. The number of ether oxygens (including phenoxy) is 2. The van der Waals surface area contributed by atoms with E-state index in [1.54, 1.807) is 59.6 Å². The average Bonchev–Trinajstić information content (AvgIpc) is 3.35. The topological polar surface area (TPSA) is 97.3 Å². The van der Waals surface area contributed by atoms with Crippen molar-refractivity contribution in [2.24, 2.45) is 4.99 Å². The SMILES string of the molecule is COc1cc2c(cc1OCC(=O)Nc1ccc(Cl)cc1C(=O)c1ccccc1Cl)N=CC1CCCN1C2=O. The Labute approximate surface area is 229 Å². The third-order valence-corrected chi connectivity index (χ3v) is 7.00. The molecule has 3 aromatic rings. The van der Waals surface area contributed by atoms with Crippen molar-refractivity contribution in [1.82, 2.24) is 4.90 Å². The maximum absolute atomic E-state index is 13.2. The predicted octanol–water partition coefficient (Wildman–Crippen LogP) is 5.57. The minimum atomic E-state index is -0.516. The number of rotatable bonds is 7. The van der Waals surface area contributed by atoms with Gasteiger partial charge in [-0.3, -0.25) is 19.4 Å². The van der Waals surface area contributed by atoms with Crippen LogP contribution < -0.4 is 14.8 Å². The number of nitrogens with zero attached hydrogens (tertiary/aromatic N) is 2. The number of anilines is 1. The third kappa shape index (κ3) is 5.10. The number of carbonyl (C=O) groups is 3. The van der Waals surface area contributed by atoms with Crippen molar-refractivity contribution >= 4 is 58.4 Å². The Balaban J connectivity index is 1.34. The number of halogens is 2. The first-order chi connectivity index (χ1) is 18.4. The van der Waals surface area contributed by atoms with Crippen LogP contribution in [0, 0.1) is 0 Å². The molecule has 38 heavy (non-hydrogen) atoms. The van der Waals surface area contributed by atoms with E-state index < -0.39 is 5.91 Å². The van der Waals surface area contributed by atoms with Crippen molar-refractivity contribution in [2.75, 3.05) is 25.6 Å². The quantitative estimate of drug-likeness (QED) is 0.387. The fourth-order valence-electron chi connectivity index (χ4n) is 4.55. The van der Waals surface area contributed by atoms with Gasteiger partial charge in [-0.25, -0.2) is 0 Å². The smallest absolute Gasteiger partial charge is 0.262 e. The lowest BCUT2D eigenvalue weighted by Gasteiger charge is -2.20. The molecule has 0 bridgehead atoms. The standard InChI is InChI=1S/C28H23Cl2N3O5/c1-37-24-12-20-23(31-14-17-5-4-10-33(17)28(20)36)13-25(24)38-15-26(34)32-22-9-8-16(29)11-19(22)27(35)18-6-2-3-7-21(18)30/h2-3,6-9,11-14,17H,4-5,10,15H2,1H3,(H,32,34). The number of benzene rings is 3. The van der Waals surface area contributed by atoms with Crippen LogP contribution >= 0.6 is 23.2 Å². The summed E-state index contributed by atoms with van der Waals surface area (Å²) in [5, 5.41) is 3.32. The van der Waals surface area contributed by atoms with Crippen LogP contribution in [0.3, 0.4) is 0 Å². The Hall–Kier alpha value is -3.88. The van der Waals surface area contributed by atoms with Gasteiger partial charge in [0.1, 0.15) is 0 Å². The number of hydrogen-bond acceptors (Lipinski definition) is 6. The molecule has 0 spiro atoms. The van der Waals surface area contributed by atoms with Crippen LogP contribution in [0.4, 0.5) is 11.4 Å². The number of amides is 2. The fraction of sp³-hybridized carbons (Fsp3) is 0.214. The highest BCUT2D eigenvalue weighted by atomic mass is 35.5. The van der Waals surface area contributed by atoms with Gasteiger partial charge in [-0.1, -0.05) is 35.3 Å². The van der Waals surface area contributed by atoms with Gasteiger partial charge in [0.2, 0.25) is 0 Å². The number of hydrogen-bond donors (Lipinski definition) is 1. The van der Waals surface area contributed by atoms with Crippen LogP contribution in [0.5, 0.6) is 11.5 Å². The van der Waals surface area contributed by atoms with Gasteiger partial charge in [0, 0.05) is 35.0 Å². The number of ketones is 1. The lowest BCUT2D eigenvalue weighted by Crippen LogP contribution is -2.35. The van der Waals surface area contributed by atoms with Gasteiger partial charge in [0.15, 0.2) is 23.9 Å². The fourth-order valence-corrected chi connectivity index (χ4v) is 4.95. The van der Waals surface area contributed by atoms with Gasteiger partial charge in [-0.15, -0.1) is 0 Å². The minimum absolute atomic E-state index is 0.0295. The summed E-state index contributed by atoms with van der Waals surface area (Å²) in [5.41, 5.74) is 1.61. The van der Waals surface area contributed by atoms with Gasteiger partial charge in [0.05, 0.1) is 35.1 Å². The van der Waals surface area contributed by atoms with E-state index in [0.717, 1.165) is 12.8 Å². The van der Waals surface area contributed by atoms with E-state index in [-0.39, 0.29) is 51.9 Å². The second-order valence-electron chi connectivity index (χ2n) is 8.84. The van der Waals surface area contributed by atoms with E-state index in [9.17, 15) is 14.4 Å². The molecule has 194 valence electrons. The molecular formula is C28H23Cl2N3O5. The van der Waals surface area contributed by atoms with Crippen molar-refractivity contribution in [3.8, 4) is 11.5 Å². The van der Waals surface area contributed by atoms with Crippen LogP contribution in [0.25, 0.3) is 0 Å². The maximum Gasteiger partial charge on any atom is 0.262 e.